The van der Waals surface area contributed by atoms with Gasteiger partial charge in [0.2, 0.25) is 0 Å². The van der Waals surface area contributed by atoms with E-state index in [9.17, 15) is 13.6 Å². The predicted molar refractivity (Wildman–Crippen MR) is 128 cm³/mol. The van der Waals surface area contributed by atoms with E-state index in [0.29, 0.717) is 46.3 Å². The van der Waals surface area contributed by atoms with Gasteiger partial charge in [0.25, 0.3) is 5.91 Å². The fourth-order valence-electron chi connectivity index (χ4n) is 4.81. The van der Waals surface area contributed by atoms with Gasteiger partial charge in [-0.1, -0.05) is 0 Å². The van der Waals surface area contributed by atoms with Crippen LogP contribution in [0.5, 0.6) is 5.75 Å². The quantitative estimate of drug-likeness (QED) is 0.335. The van der Waals surface area contributed by atoms with Gasteiger partial charge >= 0.3 is 0 Å². The standard InChI is InChI=1S/C25H22BrF3N4O2/c1-4-33-24(21(26)12(2)31-33)25(34)32-8-7-14-15-9-13(35-3)5-6-20(15)30-22(14)23(32)16-10-18(28)19(29)11-17(16)27/h5-6,9-11,23,30H,4,7-8H2,1-3H3/t23-/m1/s1. The van der Waals surface area contributed by atoms with Crippen LogP contribution in [-0.2, 0) is 13.0 Å². The Kier molecular flexibility index (Phi) is 5.86. The van der Waals surface area contributed by atoms with Crippen molar-refractivity contribution in [1.82, 2.24) is 19.7 Å². The van der Waals surface area contributed by atoms with Gasteiger partial charge in [-0.15, -0.1) is 0 Å². The van der Waals surface area contributed by atoms with Gasteiger partial charge in [-0.3, -0.25) is 9.48 Å². The Morgan fingerprint density at radius 2 is 1.94 bits per heavy atom. The van der Waals surface area contributed by atoms with Crippen molar-refractivity contribution in [2.24, 2.45) is 0 Å². The third-order valence-corrected chi connectivity index (χ3v) is 7.44. The van der Waals surface area contributed by atoms with Crippen molar-refractivity contribution < 1.29 is 22.7 Å². The van der Waals surface area contributed by atoms with Crippen molar-refractivity contribution in [2.45, 2.75) is 32.9 Å². The maximum Gasteiger partial charge on any atom is 0.274 e. The highest BCUT2D eigenvalue weighted by atomic mass is 79.9. The van der Waals surface area contributed by atoms with Crippen molar-refractivity contribution in [3.05, 3.63) is 80.5 Å². The SMILES string of the molecule is CCn1nc(C)c(Br)c1C(=O)N1CCc2c([nH]c3ccc(OC)cc23)[C@H]1c1cc(F)c(F)cc1F. The lowest BCUT2D eigenvalue weighted by molar-refractivity contribution is 0.0675. The summed E-state index contributed by atoms with van der Waals surface area (Å²) in [4.78, 5) is 18.7. The van der Waals surface area contributed by atoms with E-state index in [4.69, 9.17) is 4.74 Å². The Balaban J connectivity index is 1.73. The Morgan fingerprint density at radius 1 is 1.20 bits per heavy atom. The first-order chi connectivity index (χ1) is 16.7. The summed E-state index contributed by atoms with van der Waals surface area (Å²) in [5.41, 5.74) is 3.02. The zero-order valence-electron chi connectivity index (χ0n) is 19.3. The first-order valence-electron chi connectivity index (χ1n) is 11.1. The molecular formula is C25H22BrF3N4O2. The van der Waals surface area contributed by atoms with Crippen molar-refractivity contribution in [2.75, 3.05) is 13.7 Å². The van der Waals surface area contributed by atoms with E-state index in [-0.39, 0.29) is 12.1 Å². The summed E-state index contributed by atoms with van der Waals surface area (Å²) < 4.78 is 50.8. The van der Waals surface area contributed by atoms with Gasteiger partial charge in [-0.25, -0.2) is 13.2 Å². The van der Waals surface area contributed by atoms with Gasteiger partial charge in [0, 0.05) is 41.3 Å². The zero-order valence-corrected chi connectivity index (χ0v) is 20.8. The Bertz CT molecular complexity index is 1480. The lowest BCUT2D eigenvalue weighted by Gasteiger charge is -2.36. The summed E-state index contributed by atoms with van der Waals surface area (Å²) in [6.45, 7) is 4.32. The number of ether oxygens (including phenoxy) is 1. The summed E-state index contributed by atoms with van der Waals surface area (Å²) >= 11 is 3.46. The molecule has 0 aliphatic carbocycles. The first kappa shape index (κ1) is 23.5. The van der Waals surface area contributed by atoms with Crippen LogP contribution in [0.15, 0.2) is 34.8 Å². The Labute approximate surface area is 207 Å². The average molecular weight is 547 g/mol. The highest BCUT2D eigenvalue weighted by Gasteiger charge is 2.39. The summed E-state index contributed by atoms with van der Waals surface area (Å²) in [5.74, 6) is -3.15. The number of nitrogens with zero attached hydrogens (tertiary/aromatic N) is 3. The molecule has 2 aromatic heterocycles. The first-order valence-corrected chi connectivity index (χ1v) is 11.9. The molecule has 35 heavy (non-hydrogen) atoms. The average Bonchev–Trinajstić information content (AvgIpc) is 3.36. The number of carbonyl (C=O) groups excluding carboxylic acids is 1. The van der Waals surface area contributed by atoms with E-state index in [1.807, 2.05) is 19.1 Å². The molecule has 1 atom stereocenters. The van der Waals surface area contributed by atoms with Crippen LogP contribution in [0.4, 0.5) is 13.2 Å². The number of hydrogen-bond acceptors (Lipinski definition) is 3. The highest BCUT2D eigenvalue weighted by molar-refractivity contribution is 9.10. The lowest BCUT2D eigenvalue weighted by Crippen LogP contribution is -2.42. The van der Waals surface area contributed by atoms with Gasteiger partial charge in [0.1, 0.15) is 23.3 Å². The molecule has 0 spiro atoms. The monoisotopic (exact) mass is 546 g/mol. The molecule has 1 amide bonds. The molecule has 0 saturated heterocycles. The molecule has 1 aliphatic rings. The van der Waals surface area contributed by atoms with Crippen LogP contribution in [0.2, 0.25) is 0 Å². The molecule has 0 saturated carbocycles. The van der Waals surface area contributed by atoms with Crippen LogP contribution in [0, 0.1) is 24.4 Å². The number of nitrogens with one attached hydrogen (secondary N) is 1. The molecule has 0 unspecified atom stereocenters. The van der Waals surface area contributed by atoms with Crippen LogP contribution in [-0.4, -0.2) is 39.2 Å². The number of fused-ring (bicyclic) bond motifs is 3. The molecule has 2 aromatic carbocycles. The van der Waals surface area contributed by atoms with E-state index < -0.39 is 29.4 Å². The molecule has 0 fully saturated rings. The summed E-state index contributed by atoms with van der Waals surface area (Å²) in [6.07, 6.45) is 0.479. The smallest absolute Gasteiger partial charge is 0.274 e. The van der Waals surface area contributed by atoms with Crippen molar-refractivity contribution in [1.29, 1.82) is 0 Å². The zero-order chi connectivity index (χ0) is 25.0. The number of aryl methyl sites for hydroxylation is 2. The van der Waals surface area contributed by atoms with Crippen LogP contribution in [0.25, 0.3) is 10.9 Å². The molecule has 6 nitrogen and oxygen atoms in total. The number of hydrogen-bond donors (Lipinski definition) is 1. The topological polar surface area (TPSA) is 63.2 Å². The fourth-order valence-corrected chi connectivity index (χ4v) is 5.27. The number of methoxy groups -OCH3 is 1. The van der Waals surface area contributed by atoms with Crippen molar-refractivity contribution in [3.63, 3.8) is 0 Å². The third-order valence-electron chi connectivity index (χ3n) is 6.49. The van der Waals surface area contributed by atoms with Gasteiger partial charge in [-0.05, 0) is 66.0 Å². The van der Waals surface area contributed by atoms with Crippen LogP contribution in [0.1, 0.15) is 46.0 Å². The minimum atomic E-state index is -1.29. The second-order valence-electron chi connectivity index (χ2n) is 8.43. The molecule has 182 valence electrons. The minimum Gasteiger partial charge on any atom is -0.497 e. The number of rotatable bonds is 4. The summed E-state index contributed by atoms with van der Waals surface area (Å²) in [7, 11) is 1.57. The predicted octanol–water partition coefficient (Wildman–Crippen LogP) is 5.67. The maximum absolute atomic E-state index is 15.1. The number of aromatic amines is 1. The summed E-state index contributed by atoms with van der Waals surface area (Å²) in [6, 6.07) is 5.83. The van der Waals surface area contributed by atoms with Gasteiger partial charge < -0.3 is 14.6 Å². The second-order valence-corrected chi connectivity index (χ2v) is 9.22. The molecule has 0 bridgehead atoms. The van der Waals surface area contributed by atoms with E-state index >= 15 is 4.39 Å². The number of H-pyrrole nitrogens is 1. The third kappa shape index (κ3) is 3.71. The van der Waals surface area contributed by atoms with Crippen molar-refractivity contribution >= 4 is 32.7 Å². The second kappa shape index (κ2) is 8.75. The van der Waals surface area contributed by atoms with Gasteiger partial charge in [0.15, 0.2) is 11.6 Å². The van der Waals surface area contributed by atoms with Crippen LogP contribution >= 0.6 is 15.9 Å². The number of halogens is 4. The molecule has 3 heterocycles. The molecule has 5 rings (SSSR count). The summed E-state index contributed by atoms with van der Waals surface area (Å²) in [5, 5.41) is 5.27. The van der Waals surface area contributed by atoms with Crippen LogP contribution in [0.3, 0.4) is 0 Å². The maximum atomic E-state index is 15.1. The van der Waals surface area contributed by atoms with E-state index in [2.05, 4.69) is 26.0 Å². The van der Waals surface area contributed by atoms with Gasteiger partial charge in [-0.2, -0.15) is 5.10 Å². The molecule has 10 heteroatoms. The van der Waals surface area contributed by atoms with E-state index in [1.165, 1.54) is 4.90 Å². The number of aromatic nitrogens is 3. The van der Waals surface area contributed by atoms with Crippen LogP contribution < -0.4 is 4.74 Å². The van der Waals surface area contributed by atoms with Gasteiger partial charge in [0.05, 0.1) is 17.3 Å². The lowest BCUT2D eigenvalue weighted by atomic mass is 9.91. The Hall–Kier alpha value is -3.27. The van der Waals surface area contributed by atoms with E-state index in [0.717, 1.165) is 22.5 Å². The highest BCUT2D eigenvalue weighted by Crippen LogP contribution is 2.41. The van der Waals surface area contributed by atoms with Crippen molar-refractivity contribution in [3.8, 4) is 5.75 Å². The number of benzene rings is 2. The molecule has 1 N–H and O–H groups in total. The Morgan fingerprint density at radius 3 is 2.66 bits per heavy atom. The molecule has 4 aromatic rings. The van der Waals surface area contributed by atoms with E-state index in [1.54, 1.807) is 24.8 Å². The molecule has 1 aliphatic heterocycles. The normalized spacial score (nSPS) is 15.5. The molecule has 0 radical (unpaired) electrons. The fraction of sp³-hybridized carbons (Fsp3) is 0.280. The minimum absolute atomic E-state index is 0.132. The molecular weight excluding hydrogens is 525 g/mol. The largest absolute Gasteiger partial charge is 0.497 e. The number of carbonyl (C=O) groups is 1. The number of amides is 1.